The predicted octanol–water partition coefficient (Wildman–Crippen LogP) is 3.58. The average molecular weight is 853 g/mol. The number of carboxylic acid groups (broad SMARTS) is 1. The molecule has 59 heavy (non-hydrogen) atoms. The van der Waals surface area contributed by atoms with Gasteiger partial charge in [-0.3, -0.25) is 28.8 Å². The minimum atomic E-state index is -5.12. The Morgan fingerprint density at radius 2 is 1.76 bits per heavy atom. The van der Waals surface area contributed by atoms with Crippen LogP contribution in [0.1, 0.15) is 72.6 Å². The molecule has 2 aliphatic carbocycles. The van der Waals surface area contributed by atoms with E-state index in [1.54, 1.807) is 36.4 Å². The molecule has 0 bridgehead atoms. The molecule has 3 heterocycles. The lowest BCUT2D eigenvalue weighted by molar-refractivity contribution is -0.222. The number of sulfonamides is 1. The van der Waals surface area contributed by atoms with Crippen LogP contribution in [0.5, 0.6) is 5.88 Å². The Morgan fingerprint density at radius 3 is 2.39 bits per heavy atom. The first-order chi connectivity index (χ1) is 27.6. The lowest BCUT2D eigenvalue weighted by atomic mass is 9.85. The summed E-state index contributed by atoms with van der Waals surface area (Å²) in [6.45, 7) is 4.42. The molecule has 0 radical (unpaired) electrons. The minimum Gasteiger partial charge on any atom is -0.471 e. The molecule has 3 N–H and O–H groups in total. The molecule has 4 aliphatic rings. The third-order valence-corrected chi connectivity index (χ3v) is 13.8. The zero-order valence-electron chi connectivity index (χ0n) is 33.5. The quantitative estimate of drug-likeness (QED) is 0.295. The summed E-state index contributed by atoms with van der Waals surface area (Å²) >= 11 is 0. The van der Waals surface area contributed by atoms with Crippen molar-refractivity contribution in [3.8, 4) is 5.88 Å². The van der Waals surface area contributed by atoms with E-state index >= 15 is 4.79 Å². The number of carbonyl (C=O) groups excluding carboxylic acids is 3. The second-order valence-electron chi connectivity index (χ2n) is 16.8. The number of allylic oxidation sites excluding steroid dienone is 1. The molecule has 2 aliphatic heterocycles. The molecule has 1 aromatic carbocycles. The van der Waals surface area contributed by atoms with Gasteiger partial charge in [-0.05, 0) is 76.3 Å². The lowest BCUT2D eigenvalue weighted by Gasteiger charge is -2.45. The number of ether oxygens (including phenoxy) is 2. The van der Waals surface area contributed by atoms with Gasteiger partial charge >= 0.3 is 12.3 Å². The number of rotatable bonds is 10. The Labute approximate surface area is 339 Å². The summed E-state index contributed by atoms with van der Waals surface area (Å²) in [5.41, 5.74) is -5.24. The summed E-state index contributed by atoms with van der Waals surface area (Å²) < 4.78 is 84.7. The van der Waals surface area contributed by atoms with E-state index < -0.39 is 98.5 Å². The van der Waals surface area contributed by atoms with Gasteiger partial charge in [0.05, 0.1) is 35.7 Å². The van der Waals surface area contributed by atoms with Gasteiger partial charge in [0, 0.05) is 19.4 Å². The molecule has 0 unspecified atom stereocenters. The van der Waals surface area contributed by atoms with Crippen molar-refractivity contribution < 1.29 is 55.3 Å². The molecule has 0 spiro atoms. The number of hydrogen-bond acceptors (Lipinski definition) is 10. The number of carbonyl (C=O) groups is 4. The smallest absolute Gasteiger partial charge is 0.411 e. The summed E-state index contributed by atoms with van der Waals surface area (Å²) in [5.74, 6) is -4.84. The van der Waals surface area contributed by atoms with Gasteiger partial charge in [0.25, 0.3) is 11.5 Å². The van der Waals surface area contributed by atoms with E-state index in [0.717, 1.165) is 9.58 Å². The molecule has 324 valence electrons. The van der Waals surface area contributed by atoms with E-state index in [4.69, 9.17) is 9.47 Å². The summed E-state index contributed by atoms with van der Waals surface area (Å²) in [5, 5.41) is 17.4. The van der Waals surface area contributed by atoms with Gasteiger partial charge in [-0.25, -0.2) is 17.9 Å². The van der Waals surface area contributed by atoms with Crippen LogP contribution in [0, 0.1) is 17.8 Å². The van der Waals surface area contributed by atoms with Gasteiger partial charge < -0.3 is 24.8 Å². The topological polar surface area (TPSA) is 207 Å². The number of nitrogens with one attached hydrogen (secondary N) is 2. The first kappa shape index (κ1) is 43.8. The molecule has 7 atom stereocenters. The summed E-state index contributed by atoms with van der Waals surface area (Å²) in [7, 11) is -2.60. The third-order valence-electron chi connectivity index (χ3n) is 12.0. The first-order valence-corrected chi connectivity index (χ1v) is 21.3. The Balaban J connectivity index is 1.44. The highest BCUT2D eigenvalue weighted by atomic mass is 32.2. The van der Waals surface area contributed by atoms with E-state index in [1.807, 2.05) is 6.92 Å². The van der Waals surface area contributed by atoms with Gasteiger partial charge in [0.15, 0.2) is 0 Å². The third kappa shape index (κ3) is 8.79. The number of hydrogen-bond donors (Lipinski definition) is 3. The Hall–Kier alpha value is -4.72. The van der Waals surface area contributed by atoms with Crippen LogP contribution in [0.15, 0.2) is 41.2 Å². The van der Waals surface area contributed by atoms with Crippen LogP contribution in [0.3, 0.4) is 0 Å². The fourth-order valence-electron chi connectivity index (χ4n) is 8.26. The van der Waals surface area contributed by atoms with E-state index in [0.29, 0.717) is 44.9 Å². The van der Waals surface area contributed by atoms with E-state index in [9.17, 15) is 45.9 Å². The van der Waals surface area contributed by atoms with Crippen molar-refractivity contribution >= 4 is 44.6 Å². The molecule has 20 heteroatoms. The van der Waals surface area contributed by atoms with Gasteiger partial charge in [0.1, 0.15) is 29.3 Å². The van der Waals surface area contributed by atoms with Crippen LogP contribution < -0.4 is 20.3 Å². The van der Waals surface area contributed by atoms with Crippen LogP contribution in [-0.2, 0) is 35.7 Å². The largest absolute Gasteiger partial charge is 0.471 e. The Kier molecular flexibility index (Phi) is 12.2. The Bertz CT molecular complexity index is 2180. The normalized spacial score (nSPS) is 28.2. The number of alkyl halides is 3. The summed E-state index contributed by atoms with van der Waals surface area (Å²) in [6, 6.07) is 2.98. The van der Waals surface area contributed by atoms with Gasteiger partial charge in [-0.2, -0.15) is 13.2 Å². The molecule has 2 saturated carbocycles. The fraction of sp³-hybridized carbons (Fsp3) is 0.641. The van der Waals surface area contributed by atoms with Crippen molar-refractivity contribution in [1.82, 2.24) is 29.6 Å². The van der Waals surface area contributed by atoms with Crippen LogP contribution in [0.2, 0.25) is 0 Å². The molecular weight excluding hydrogens is 802 g/mol. The van der Waals surface area contributed by atoms with Crippen molar-refractivity contribution in [2.75, 3.05) is 20.3 Å². The Morgan fingerprint density at radius 1 is 1.08 bits per heavy atom. The maximum Gasteiger partial charge on any atom is 0.411 e. The first-order valence-electron chi connectivity index (χ1n) is 19.7. The van der Waals surface area contributed by atoms with Gasteiger partial charge in [-0.1, -0.05) is 38.1 Å². The number of benzene rings is 1. The van der Waals surface area contributed by atoms with Crippen LogP contribution >= 0.6 is 0 Å². The van der Waals surface area contributed by atoms with E-state index in [1.165, 1.54) is 14.0 Å². The number of methoxy groups -OCH3 is 1. The predicted molar refractivity (Wildman–Crippen MR) is 207 cm³/mol. The zero-order valence-corrected chi connectivity index (χ0v) is 34.3. The average Bonchev–Trinajstić information content (AvgIpc) is 4.08. The second-order valence-corrected chi connectivity index (χ2v) is 18.7. The number of aromatic nitrogens is 2. The molecule has 3 fully saturated rings. The molecule has 1 saturated heterocycles. The highest BCUT2D eigenvalue weighted by Crippen LogP contribution is 2.47. The lowest BCUT2D eigenvalue weighted by Crippen LogP contribution is -2.66. The molecule has 4 amide bonds. The molecule has 6 rings (SSSR count). The molecular formula is C39H51F3N6O10S. The summed E-state index contributed by atoms with van der Waals surface area (Å²) in [6.07, 6.45) is -3.14. The van der Waals surface area contributed by atoms with Crippen molar-refractivity contribution in [3.63, 3.8) is 0 Å². The maximum absolute atomic E-state index is 15.0. The van der Waals surface area contributed by atoms with E-state index in [2.05, 4.69) is 15.1 Å². The SMILES string of the molecule is COCCn1nc(O[C@@H]2C[C@H]3C(=O)N[C@]4(C(=O)NS(=O)(=O)C5CC5)C[C@H]4C=CCC[C@H](C)C[C@@H](C)[C@H](N(C(=O)O)C(C)(C)C(F)(F)F)C(=O)N3C2)c2ccccc2c1=O. The molecule has 16 nitrogen and oxygen atoms in total. The van der Waals surface area contributed by atoms with Crippen molar-refractivity contribution in [2.45, 2.75) is 120 Å². The van der Waals surface area contributed by atoms with Crippen LogP contribution in [0.25, 0.3) is 10.8 Å². The number of nitrogens with zero attached hydrogens (tertiary/aromatic N) is 4. The van der Waals surface area contributed by atoms with Crippen LogP contribution in [0.4, 0.5) is 18.0 Å². The molecule has 1 aromatic heterocycles. The highest BCUT2D eigenvalue weighted by molar-refractivity contribution is 7.91. The number of amides is 4. The zero-order chi connectivity index (χ0) is 43.2. The van der Waals surface area contributed by atoms with Crippen molar-refractivity contribution in [1.29, 1.82) is 0 Å². The highest BCUT2D eigenvalue weighted by Gasteiger charge is 2.63. The van der Waals surface area contributed by atoms with Crippen molar-refractivity contribution in [2.24, 2.45) is 17.8 Å². The van der Waals surface area contributed by atoms with E-state index in [-0.39, 0.29) is 54.5 Å². The van der Waals surface area contributed by atoms with Crippen molar-refractivity contribution in [3.05, 3.63) is 46.8 Å². The monoisotopic (exact) mass is 852 g/mol. The fourth-order valence-corrected chi connectivity index (χ4v) is 9.63. The molecule has 2 aromatic rings. The van der Waals surface area contributed by atoms with Crippen LogP contribution in [-0.4, -0.2) is 118 Å². The second kappa shape index (κ2) is 16.4. The standard InChI is InChI=1S/C39H51F3N6O10S/c1-22-10-6-7-11-24-20-38(24,35(52)45-59(55,56)26-14-15-26)43-31(49)29-19-25(58-32-27-12-8-9-13-28(27)33(50)47(44-32)16-17-57-5)21-46(29)34(51)30(23(2)18-22)48(36(53)54)37(3,4)39(40,41)42/h7-9,11-13,22-26,29-30H,6,10,14-21H2,1-5H3,(H,43,49)(H,45,52)(H,53,54)/t22-,23+,24+,25+,29-,30-,38+/m0/s1. The minimum absolute atomic E-state index is 0.0303. The van der Waals surface area contributed by atoms with Gasteiger partial charge in [-0.15, -0.1) is 5.10 Å². The maximum atomic E-state index is 15.0. The number of fused-ring (bicyclic) bond motifs is 3. The van der Waals surface area contributed by atoms with Gasteiger partial charge in [0.2, 0.25) is 27.7 Å². The summed E-state index contributed by atoms with van der Waals surface area (Å²) in [4.78, 5) is 70.7. The number of halogens is 3.